The van der Waals surface area contributed by atoms with Crippen molar-refractivity contribution in [3.05, 3.63) is 24.0 Å². The van der Waals surface area contributed by atoms with Gasteiger partial charge in [0, 0.05) is 26.2 Å². The predicted molar refractivity (Wildman–Crippen MR) is 87.5 cm³/mol. The van der Waals surface area contributed by atoms with Gasteiger partial charge in [0.1, 0.15) is 11.3 Å². The average Bonchev–Trinajstić information content (AvgIpc) is 2.94. The summed E-state index contributed by atoms with van der Waals surface area (Å²) >= 11 is 0. The molecule has 0 saturated carbocycles. The van der Waals surface area contributed by atoms with E-state index in [2.05, 4.69) is 15.6 Å². The number of hydrogen-bond donors (Lipinski definition) is 2. The third-order valence-electron chi connectivity index (χ3n) is 3.43. The second-order valence-corrected chi connectivity index (χ2v) is 6.57. The molecule has 126 valence electrons. The number of nitrogens with one attached hydrogen (secondary N) is 2. The Morgan fingerprint density at radius 3 is 2.65 bits per heavy atom. The van der Waals surface area contributed by atoms with Crippen LogP contribution in [-0.4, -0.2) is 53.7 Å². The summed E-state index contributed by atoms with van der Waals surface area (Å²) in [6.45, 7) is 6.82. The number of hydrogen-bond acceptors (Lipinski definition) is 5. The molecular formula is C16H24N4O3. The number of nitrogens with zero attached hydrogens (tertiary/aromatic N) is 2. The molecule has 0 radical (unpaired) electrons. The van der Waals surface area contributed by atoms with Crippen LogP contribution in [0.5, 0.6) is 0 Å². The third-order valence-corrected chi connectivity index (χ3v) is 3.43. The van der Waals surface area contributed by atoms with Crippen molar-refractivity contribution in [2.75, 3.05) is 25.5 Å². The van der Waals surface area contributed by atoms with Crippen molar-refractivity contribution in [2.24, 2.45) is 0 Å². The zero-order chi connectivity index (χ0) is 17.0. The fraction of sp³-hybridized carbons (Fsp3) is 0.562. The first kappa shape index (κ1) is 17.1. The summed E-state index contributed by atoms with van der Waals surface area (Å²) in [4.78, 5) is 29.3. The maximum Gasteiger partial charge on any atom is 0.410 e. The van der Waals surface area contributed by atoms with Crippen molar-refractivity contribution in [1.29, 1.82) is 0 Å². The fourth-order valence-electron chi connectivity index (χ4n) is 2.35. The minimum Gasteiger partial charge on any atom is -0.444 e. The van der Waals surface area contributed by atoms with E-state index in [9.17, 15) is 9.59 Å². The molecule has 2 rings (SSSR count). The van der Waals surface area contributed by atoms with Crippen molar-refractivity contribution < 1.29 is 14.3 Å². The first-order valence-electron chi connectivity index (χ1n) is 7.71. The molecule has 1 saturated heterocycles. The summed E-state index contributed by atoms with van der Waals surface area (Å²) in [6, 6.07) is 3.63. The van der Waals surface area contributed by atoms with Crippen molar-refractivity contribution in [2.45, 2.75) is 38.8 Å². The van der Waals surface area contributed by atoms with Gasteiger partial charge in [0.05, 0.1) is 11.9 Å². The molecule has 1 aromatic heterocycles. The second kappa shape index (κ2) is 6.85. The summed E-state index contributed by atoms with van der Waals surface area (Å²) in [5.74, 6) is -0.214. The van der Waals surface area contributed by atoms with E-state index in [0.29, 0.717) is 18.8 Å². The van der Waals surface area contributed by atoms with Gasteiger partial charge in [-0.2, -0.15) is 0 Å². The maximum atomic E-state index is 12.0. The monoisotopic (exact) mass is 320 g/mol. The molecule has 2 amide bonds. The van der Waals surface area contributed by atoms with Crippen LogP contribution in [0.2, 0.25) is 0 Å². The number of pyridine rings is 1. The van der Waals surface area contributed by atoms with Crippen molar-refractivity contribution in [1.82, 2.24) is 15.2 Å². The van der Waals surface area contributed by atoms with Crippen LogP contribution < -0.4 is 10.6 Å². The lowest BCUT2D eigenvalue weighted by molar-refractivity contribution is 0.0293. The van der Waals surface area contributed by atoms with E-state index in [-0.39, 0.29) is 18.0 Å². The van der Waals surface area contributed by atoms with Gasteiger partial charge in [-0.05, 0) is 39.3 Å². The molecule has 1 aromatic rings. The number of carbonyl (C=O) groups excluding carboxylic acids is 2. The van der Waals surface area contributed by atoms with E-state index in [4.69, 9.17) is 4.74 Å². The molecule has 23 heavy (non-hydrogen) atoms. The highest BCUT2D eigenvalue weighted by atomic mass is 16.6. The minimum absolute atomic E-state index is 0.148. The first-order chi connectivity index (χ1) is 10.8. The SMILES string of the molecule is CNC(=O)c1ccc(NC2CCN(C(=O)OC(C)(C)C)C2)cn1. The van der Waals surface area contributed by atoms with Crippen LogP contribution in [0.4, 0.5) is 10.5 Å². The van der Waals surface area contributed by atoms with Crippen LogP contribution in [0.25, 0.3) is 0 Å². The Kier molecular flexibility index (Phi) is 5.08. The molecule has 7 nitrogen and oxygen atoms in total. The van der Waals surface area contributed by atoms with Gasteiger partial charge in [0.2, 0.25) is 0 Å². The Morgan fingerprint density at radius 2 is 2.09 bits per heavy atom. The molecular weight excluding hydrogens is 296 g/mol. The highest BCUT2D eigenvalue weighted by Gasteiger charge is 2.29. The standard InChI is InChI=1S/C16H24N4O3/c1-16(2,3)23-15(22)20-8-7-12(10-20)19-11-5-6-13(18-9-11)14(21)17-4/h5-6,9,12,19H,7-8,10H2,1-4H3,(H,17,21). The largest absolute Gasteiger partial charge is 0.444 e. The van der Waals surface area contributed by atoms with Gasteiger partial charge in [-0.1, -0.05) is 0 Å². The van der Waals surface area contributed by atoms with Gasteiger partial charge in [-0.25, -0.2) is 9.78 Å². The number of ether oxygens (including phenoxy) is 1. The molecule has 2 N–H and O–H groups in total. The van der Waals surface area contributed by atoms with Gasteiger partial charge in [0.25, 0.3) is 5.91 Å². The molecule has 0 spiro atoms. The lowest BCUT2D eigenvalue weighted by Gasteiger charge is -2.24. The van der Waals surface area contributed by atoms with Crippen molar-refractivity contribution in [3.63, 3.8) is 0 Å². The van der Waals surface area contributed by atoms with E-state index in [1.807, 2.05) is 26.8 Å². The van der Waals surface area contributed by atoms with Crippen molar-refractivity contribution in [3.8, 4) is 0 Å². The Bertz CT molecular complexity index is 566. The van der Waals surface area contributed by atoms with Crippen LogP contribution in [0.15, 0.2) is 18.3 Å². The number of aromatic nitrogens is 1. The zero-order valence-electron chi connectivity index (χ0n) is 14.0. The fourth-order valence-corrected chi connectivity index (χ4v) is 2.35. The first-order valence-corrected chi connectivity index (χ1v) is 7.71. The minimum atomic E-state index is -0.484. The van der Waals surface area contributed by atoms with Gasteiger partial charge >= 0.3 is 6.09 Å². The normalized spacial score (nSPS) is 17.7. The lowest BCUT2D eigenvalue weighted by Crippen LogP contribution is -2.36. The molecule has 7 heteroatoms. The van der Waals surface area contributed by atoms with Crippen LogP contribution in [0.3, 0.4) is 0 Å². The zero-order valence-corrected chi connectivity index (χ0v) is 14.0. The van der Waals surface area contributed by atoms with Crippen LogP contribution in [0.1, 0.15) is 37.7 Å². The highest BCUT2D eigenvalue weighted by molar-refractivity contribution is 5.92. The summed E-state index contributed by atoms with van der Waals surface area (Å²) in [5, 5.41) is 5.86. The predicted octanol–water partition coefficient (Wildman–Crippen LogP) is 1.86. The topological polar surface area (TPSA) is 83.6 Å². The maximum absolute atomic E-state index is 12.0. The van der Waals surface area contributed by atoms with E-state index < -0.39 is 5.60 Å². The quantitative estimate of drug-likeness (QED) is 0.888. The number of carbonyl (C=O) groups is 2. The molecule has 0 bridgehead atoms. The van der Waals surface area contributed by atoms with E-state index in [1.165, 1.54) is 0 Å². The van der Waals surface area contributed by atoms with Crippen LogP contribution in [0, 0.1) is 0 Å². The number of likely N-dealkylation sites (tertiary alicyclic amines) is 1. The molecule has 0 aromatic carbocycles. The third kappa shape index (κ3) is 4.84. The Labute approximate surface area is 136 Å². The molecule has 1 fully saturated rings. The van der Waals surface area contributed by atoms with E-state index in [1.54, 1.807) is 24.2 Å². The summed E-state index contributed by atoms with van der Waals surface area (Å²) < 4.78 is 5.38. The Balaban J connectivity index is 1.88. The lowest BCUT2D eigenvalue weighted by atomic mass is 10.2. The summed E-state index contributed by atoms with van der Waals surface area (Å²) in [6.07, 6.45) is 2.19. The van der Waals surface area contributed by atoms with Crippen LogP contribution in [-0.2, 0) is 4.74 Å². The molecule has 1 aliphatic rings. The molecule has 1 aliphatic heterocycles. The number of rotatable bonds is 3. The molecule has 0 aliphatic carbocycles. The van der Waals surface area contributed by atoms with E-state index >= 15 is 0 Å². The second-order valence-electron chi connectivity index (χ2n) is 6.57. The molecule has 2 heterocycles. The van der Waals surface area contributed by atoms with Gasteiger partial charge in [-0.3, -0.25) is 4.79 Å². The number of anilines is 1. The van der Waals surface area contributed by atoms with Crippen LogP contribution >= 0.6 is 0 Å². The summed E-state index contributed by atoms with van der Waals surface area (Å²) in [5.41, 5.74) is 0.718. The average molecular weight is 320 g/mol. The number of amides is 2. The summed E-state index contributed by atoms with van der Waals surface area (Å²) in [7, 11) is 1.57. The Morgan fingerprint density at radius 1 is 1.35 bits per heavy atom. The van der Waals surface area contributed by atoms with Gasteiger partial charge in [0.15, 0.2) is 0 Å². The smallest absolute Gasteiger partial charge is 0.410 e. The molecule has 1 unspecified atom stereocenters. The van der Waals surface area contributed by atoms with Gasteiger partial charge < -0.3 is 20.3 Å². The van der Waals surface area contributed by atoms with E-state index in [0.717, 1.165) is 12.1 Å². The van der Waals surface area contributed by atoms with Crippen molar-refractivity contribution >= 4 is 17.7 Å². The molecule has 1 atom stereocenters. The highest BCUT2D eigenvalue weighted by Crippen LogP contribution is 2.18. The van der Waals surface area contributed by atoms with Gasteiger partial charge in [-0.15, -0.1) is 0 Å². The Hall–Kier alpha value is -2.31.